The smallest absolute Gasteiger partial charge is 0.127 e. The minimum Gasteiger partial charge on any atom is -0.314 e. The van der Waals surface area contributed by atoms with E-state index in [2.05, 4.69) is 23.2 Å². The van der Waals surface area contributed by atoms with E-state index in [0.717, 1.165) is 49.1 Å². The maximum Gasteiger partial charge on any atom is 0.127 e. The van der Waals surface area contributed by atoms with Crippen LogP contribution in [0, 0.1) is 11.7 Å². The molecule has 3 rings (SSSR count). The Balaban J connectivity index is 0.00000176. The third kappa shape index (κ3) is 4.01. The number of piperidine rings is 1. The highest BCUT2D eigenvalue weighted by molar-refractivity contribution is 5.85. The lowest BCUT2D eigenvalue weighted by atomic mass is 9.88. The predicted molar refractivity (Wildman–Crippen MR) is 92.1 cm³/mol. The van der Waals surface area contributed by atoms with Crippen molar-refractivity contribution in [2.45, 2.75) is 51.6 Å². The highest BCUT2D eigenvalue weighted by atomic mass is 35.5. The first kappa shape index (κ1) is 17.7. The second-order valence-electron chi connectivity index (χ2n) is 6.55. The SMILES string of the molecule is CCc1cccc(F)c1CN1CCC(C2CCCN2)CC1.Cl. The first-order valence-electron chi connectivity index (χ1n) is 8.50. The van der Waals surface area contributed by atoms with Crippen molar-refractivity contribution in [1.29, 1.82) is 0 Å². The van der Waals surface area contributed by atoms with Crippen molar-refractivity contribution in [2.24, 2.45) is 5.92 Å². The number of likely N-dealkylation sites (tertiary alicyclic amines) is 1. The van der Waals surface area contributed by atoms with Crippen LogP contribution in [0.15, 0.2) is 18.2 Å². The highest BCUT2D eigenvalue weighted by Gasteiger charge is 2.28. The minimum atomic E-state index is -0.0334. The van der Waals surface area contributed by atoms with Gasteiger partial charge in [-0.2, -0.15) is 0 Å². The molecule has 0 aliphatic carbocycles. The molecular weight excluding hydrogens is 299 g/mol. The van der Waals surface area contributed by atoms with Gasteiger partial charge in [0.15, 0.2) is 0 Å². The standard InChI is InChI=1S/C18H27FN2.ClH/c1-2-14-5-3-6-17(19)16(14)13-21-11-8-15(9-12-21)18-7-4-10-20-18;/h3,5-6,15,18,20H,2,4,7-13H2,1H3;1H. The van der Waals surface area contributed by atoms with Crippen LogP contribution >= 0.6 is 12.4 Å². The summed E-state index contributed by atoms with van der Waals surface area (Å²) in [6.45, 7) is 6.30. The quantitative estimate of drug-likeness (QED) is 0.906. The van der Waals surface area contributed by atoms with Crippen LogP contribution in [0.1, 0.15) is 43.7 Å². The van der Waals surface area contributed by atoms with Crippen molar-refractivity contribution in [3.63, 3.8) is 0 Å². The van der Waals surface area contributed by atoms with Crippen LogP contribution in [0.5, 0.6) is 0 Å². The van der Waals surface area contributed by atoms with Crippen LogP contribution in [0.4, 0.5) is 4.39 Å². The molecule has 0 aromatic heterocycles. The van der Waals surface area contributed by atoms with Gasteiger partial charge in [0.2, 0.25) is 0 Å². The van der Waals surface area contributed by atoms with Gasteiger partial charge in [-0.25, -0.2) is 4.39 Å². The molecule has 0 spiro atoms. The lowest BCUT2D eigenvalue weighted by molar-refractivity contribution is 0.155. The summed E-state index contributed by atoms with van der Waals surface area (Å²) in [7, 11) is 0. The van der Waals surface area contributed by atoms with Crippen LogP contribution in [0.25, 0.3) is 0 Å². The predicted octanol–water partition coefficient (Wildman–Crippen LogP) is 3.77. The van der Waals surface area contributed by atoms with Crippen molar-refractivity contribution in [3.8, 4) is 0 Å². The Bertz CT molecular complexity index is 466. The molecule has 0 amide bonds. The summed E-state index contributed by atoms with van der Waals surface area (Å²) >= 11 is 0. The fraction of sp³-hybridized carbons (Fsp3) is 0.667. The summed E-state index contributed by atoms with van der Waals surface area (Å²) in [5.41, 5.74) is 2.08. The van der Waals surface area contributed by atoms with Crippen LogP contribution in [0.3, 0.4) is 0 Å². The summed E-state index contributed by atoms with van der Waals surface area (Å²) < 4.78 is 14.1. The third-order valence-electron chi connectivity index (χ3n) is 5.28. The van der Waals surface area contributed by atoms with Crippen molar-refractivity contribution in [3.05, 3.63) is 35.1 Å². The Morgan fingerprint density at radius 1 is 1.23 bits per heavy atom. The van der Waals surface area contributed by atoms with Gasteiger partial charge in [-0.15, -0.1) is 12.4 Å². The van der Waals surface area contributed by atoms with Gasteiger partial charge in [-0.1, -0.05) is 19.1 Å². The van der Waals surface area contributed by atoms with E-state index in [1.54, 1.807) is 6.07 Å². The molecule has 1 aromatic rings. The summed E-state index contributed by atoms with van der Waals surface area (Å²) in [6, 6.07) is 6.24. The Morgan fingerprint density at radius 3 is 2.64 bits per heavy atom. The van der Waals surface area contributed by atoms with Crippen molar-refractivity contribution < 1.29 is 4.39 Å². The normalized spacial score (nSPS) is 23.5. The molecule has 1 aromatic carbocycles. The minimum absolute atomic E-state index is 0. The summed E-state index contributed by atoms with van der Waals surface area (Å²) in [6.07, 6.45) is 6.11. The topological polar surface area (TPSA) is 15.3 Å². The number of aryl methyl sites for hydroxylation is 1. The number of rotatable bonds is 4. The number of benzene rings is 1. The molecule has 0 radical (unpaired) electrons. The number of nitrogens with one attached hydrogen (secondary N) is 1. The van der Waals surface area contributed by atoms with E-state index in [9.17, 15) is 4.39 Å². The Labute approximate surface area is 139 Å². The molecule has 2 heterocycles. The van der Waals surface area contributed by atoms with E-state index >= 15 is 0 Å². The fourth-order valence-corrected chi connectivity index (χ4v) is 3.96. The molecular formula is C18H28ClFN2. The molecule has 2 aliphatic heterocycles. The zero-order chi connectivity index (χ0) is 14.7. The van der Waals surface area contributed by atoms with Gasteiger partial charge in [-0.05, 0) is 69.3 Å². The fourth-order valence-electron chi connectivity index (χ4n) is 3.96. The molecule has 4 heteroatoms. The average Bonchev–Trinajstić information content (AvgIpc) is 3.04. The molecule has 2 nitrogen and oxygen atoms in total. The van der Waals surface area contributed by atoms with Gasteiger partial charge in [0, 0.05) is 18.2 Å². The maximum atomic E-state index is 14.1. The average molecular weight is 327 g/mol. The first-order valence-corrected chi connectivity index (χ1v) is 8.50. The second-order valence-corrected chi connectivity index (χ2v) is 6.55. The lowest BCUT2D eigenvalue weighted by Crippen LogP contribution is -2.40. The van der Waals surface area contributed by atoms with Gasteiger partial charge < -0.3 is 5.32 Å². The van der Waals surface area contributed by atoms with Crippen molar-refractivity contribution >= 4 is 12.4 Å². The summed E-state index contributed by atoms with van der Waals surface area (Å²) in [5, 5.41) is 3.64. The van der Waals surface area contributed by atoms with Crippen LogP contribution in [-0.2, 0) is 13.0 Å². The van der Waals surface area contributed by atoms with E-state index < -0.39 is 0 Å². The van der Waals surface area contributed by atoms with E-state index in [0.29, 0.717) is 0 Å². The van der Waals surface area contributed by atoms with Crippen LogP contribution in [-0.4, -0.2) is 30.6 Å². The molecule has 1 N–H and O–H groups in total. The molecule has 1 unspecified atom stereocenters. The monoisotopic (exact) mass is 326 g/mol. The van der Waals surface area contributed by atoms with Crippen molar-refractivity contribution in [1.82, 2.24) is 10.2 Å². The first-order chi connectivity index (χ1) is 10.3. The summed E-state index contributed by atoms with van der Waals surface area (Å²) in [4.78, 5) is 2.43. The molecule has 2 saturated heterocycles. The van der Waals surface area contributed by atoms with Gasteiger partial charge in [0.05, 0.1) is 0 Å². The number of hydrogen-bond donors (Lipinski definition) is 1. The second kappa shape index (κ2) is 8.28. The van der Waals surface area contributed by atoms with E-state index in [-0.39, 0.29) is 18.2 Å². The molecule has 22 heavy (non-hydrogen) atoms. The van der Waals surface area contributed by atoms with Gasteiger partial charge in [-0.3, -0.25) is 4.90 Å². The molecule has 2 fully saturated rings. The number of halogens is 2. The molecule has 1 atom stereocenters. The number of nitrogens with zero attached hydrogens (tertiary/aromatic N) is 1. The summed E-state index contributed by atoms with van der Waals surface area (Å²) in [5.74, 6) is 0.795. The number of hydrogen-bond acceptors (Lipinski definition) is 2. The third-order valence-corrected chi connectivity index (χ3v) is 5.28. The highest BCUT2D eigenvalue weighted by Crippen LogP contribution is 2.27. The largest absolute Gasteiger partial charge is 0.314 e. The van der Waals surface area contributed by atoms with E-state index in [1.165, 1.54) is 32.2 Å². The maximum absolute atomic E-state index is 14.1. The van der Waals surface area contributed by atoms with Gasteiger partial charge in [0.1, 0.15) is 5.82 Å². The molecule has 0 bridgehead atoms. The lowest BCUT2D eigenvalue weighted by Gasteiger charge is -2.35. The molecule has 124 valence electrons. The van der Waals surface area contributed by atoms with Gasteiger partial charge >= 0.3 is 0 Å². The van der Waals surface area contributed by atoms with E-state index in [1.807, 2.05) is 6.07 Å². The van der Waals surface area contributed by atoms with Gasteiger partial charge in [0.25, 0.3) is 0 Å². The zero-order valence-corrected chi connectivity index (χ0v) is 14.3. The molecule has 0 saturated carbocycles. The Morgan fingerprint density at radius 2 is 2.00 bits per heavy atom. The molecule has 2 aliphatic rings. The Kier molecular flexibility index (Phi) is 6.66. The van der Waals surface area contributed by atoms with Crippen LogP contribution in [0.2, 0.25) is 0 Å². The van der Waals surface area contributed by atoms with Crippen LogP contribution < -0.4 is 5.32 Å². The van der Waals surface area contributed by atoms with E-state index in [4.69, 9.17) is 0 Å². The van der Waals surface area contributed by atoms with Crippen molar-refractivity contribution in [2.75, 3.05) is 19.6 Å². The zero-order valence-electron chi connectivity index (χ0n) is 13.5. The Hall–Kier alpha value is -0.640.